The van der Waals surface area contributed by atoms with Gasteiger partial charge in [0.05, 0.1) is 17.2 Å². The van der Waals surface area contributed by atoms with E-state index in [4.69, 9.17) is 5.11 Å². The number of benzene rings is 1. The second-order valence-electron chi connectivity index (χ2n) is 8.23. The second kappa shape index (κ2) is 11.4. The SMILES string of the molecule is O=C1c2cccc(C#CCCCCCCCCCO)c2C(=O)N1C1CCC(O)NC1O. The van der Waals surface area contributed by atoms with Crippen LogP contribution in [0.2, 0.25) is 0 Å². The van der Waals surface area contributed by atoms with Crippen molar-refractivity contribution < 1.29 is 24.9 Å². The molecule has 0 aromatic heterocycles. The Morgan fingerprint density at radius 3 is 2.39 bits per heavy atom. The van der Waals surface area contributed by atoms with E-state index >= 15 is 0 Å². The van der Waals surface area contributed by atoms with Crippen molar-refractivity contribution in [2.24, 2.45) is 0 Å². The topological polar surface area (TPSA) is 110 Å². The normalized spacial score (nSPS) is 22.9. The van der Waals surface area contributed by atoms with Crippen molar-refractivity contribution in [1.29, 1.82) is 0 Å². The van der Waals surface area contributed by atoms with Gasteiger partial charge < -0.3 is 15.3 Å². The Bertz CT molecular complexity index is 844. The van der Waals surface area contributed by atoms with Crippen molar-refractivity contribution >= 4 is 11.8 Å². The molecule has 1 saturated heterocycles. The molecule has 0 bridgehead atoms. The third kappa shape index (κ3) is 5.72. The highest BCUT2D eigenvalue weighted by atomic mass is 16.3. The van der Waals surface area contributed by atoms with Gasteiger partial charge in [-0.1, -0.05) is 50.0 Å². The summed E-state index contributed by atoms with van der Waals surface area (Å²) >= 11 is 0. The Hall–Kier alpha value is -2.24. The molecule has 0 saturated carbocycles. The van der Waals surface area contributed by atoms with Crippen LogP contribution in [-0.4, -0.2) is 57.1 Å². The average molecular weight is 429 g/mol. The number of carbonyl (C=O) groups excluding carboxylic acids is 2. The lowest BCUT2D eigenvalue weighted by atomic mass is 10.0. The summed E-state index contributed by atoms with van der Waals surface area (Å²) in [6, 6.07) is 4.38. The maximum Gasteiger partial charge on any atom is 0.263 e. The Balaban J connectivity index is 1.58. The predicted octanol–water partition coefficient (Wildman–Crippen LogP) is 2.14. The molecule has 2 aliphatic rings. The lowest BCUT2D eigenvalue weighted by Crippen LogP contribution is -2.58. The number of fused-ring (bicyclic) bond motifs is 1. The van der Waals surface area contributed by atoms with E-state index in [1.807, 2.05) is 0 Å². The maximum atomic E-state index is 13.1. The first-order valence-electron chi connectivity index (χ1n) is 11.3. The summed E-state index contributed by atoms with van der Waals surface area (Å²) in [5.41, 5.74) is 1.17. The summed E-state index contributed by atoms with van der Waals surface area (Å²) in [6.07, 6.45) is 6.94. The molecule has 3 rings (SSSR count). The highest BCUT2D eigenvalue weighted by Crippen LogP contribution is 2.30. The van der Waals surface area contributed by atoms with Crippen molar-refractivity contribution in [3.63, 3.8) is 0 Å². The van der Waals surface area contributed by atoms with E-state index in [1.165, 1.54) is 6.42 Å². The van der Waals surface area contributed by atoms with Crippen LogP contribution >= 0.6 is 0 Å². The summed E-state index contributed by atoms with van der Waals surface area (Å²) in [4.78, 5) is 27.0. The fraction of sp³-hybridized carbons (Fsp3) is 0.583. The number of piperidine rings is 1. The summed E-state index contributed by atoms with van der Waals surface area (Å²) < 4.78 is 0. The lowest BCUT2D eigenvalue weighted by Gasteiger charge is -2.36. The largest absolute Gasteiger partial charge is 0.396 e. The van der Waals surface area contributed by atoms with E-state index in [0.717, 1.165) is 49.8 Å². The van der Waals surface area contributed by atoms with Gasteiger partial charge in [0.2, 0.25) is 0 Å². The molecule has 0 aliphatic carbocycles. The van der Waals surface area contributed by atoms with Gasteiger partial charge in [0, 0.05) is 18.6 Å². The monoisotopic (exact) mass is 428 g/mol. The molecular weight excluding hydrogens is 396 g/mol. The zero-order valence-electron chi connectivity index (χ0n) is 17.8. The van der Waals surface area contributed by atoms with Gasteiger partial charge >= 0.3 is 0 Å². The first-order valence-corrected chi connectivity index (χ1v) is 11.3. The summed E-state index contributed by atoms with van der Waals surface area (Å²) in [5.74, 6) is 5.33. The molecule has 3 unspecified atom stereocenters. The minimum atomic E-state index is -1.16. The fourth-order valence-electron chi connectivity index (χ4n) is 4.22. The Morgan fingerprint density at radius 2 is 1.68 bits per heavy atom. The number of amides is 2. The third-order valence-corrected chi connectivity index (χ3v) is 5.92. The molecule has 1 fully saturated rings. The van der Waals surface area contributed by atoms with Gasteiger partial charge in [-0.05, 0) is 37.8 Å². The first-order chi connectivity index (χ1) is 15.0. The molecule has 4 N–H and O–H groups in total. The summed E-state index contributed by atoms with van der Waals surface area (Å²) in [6.45, 7) is 0.270. The molecule has 1 aromatic carbocycles. The molecule has 7 heteroatoms. The zero-order chi connectivity index (χ0) is 22.2. The standard InChI is InChI=1S/C24H32N2O5/c27-16-9-7-5-3-1-2-4-6-8-11-17-12-10-13-18-21(17)24(31)26(23(18)30)19-14-15-20(28)25-22(19)29/h10,12-13,19-20,22,25,27-29H,1-7,9,14-16H2. The van der Waals surface area contributed by atoms with Gasteiger partial charge in [-0.15, -0.1) is 0 Å². The smallest absolute Gasteiger partial charge is 0.263 e. The second-order valence-corrected chi connectivity index (χ2v) is 8.23. The molecule has 2 heterocycles. The number of nitrogens with one attached hydrogen (secondary N) is 1. The molecule has 7 nitrogen and oxygen atoms in total. The molecule has 0 radical (unpaired) electrons. The van der Waals surface area contributed by atoms with Crippen LogP contribution in [0.4, 0.5) is 0 Å². The van der Waals surface area contributed by atoms with Crippen LogP contribution in [-0.2, 0) is 0 Å². The number of hydrogen-bond donors (Lipinski definition) is 4. The Morgan fingerprint density at radius 1 is 0.968 bits per heavy atom. The van der Waals surface area contributed by atoms with Crippen LogP contribution in [0.15, 0.2) is 18.2 Å². The van der Waals surface area contributed by atoms with Crippen LogP contribution in [0.5, 0.6) is 0 Å². The van der Waals surface area contributed by atoms with Crippen LogP contribution in [0, 0.1) is 11.8 Å². The van der Waals surface area contributed by atoms with E-state index < -0.39 is 30.3 Å². The first kappa shape index (κ1) is 23.4. The fourth-order valence-corrected chi connectivity index (χ4v) is 4.22. The lowest BCUT2D eigenvalue weighted by molar-refractivity contribution is -0.0413. The number of unbranched alkanes of at least 4 members (excludes halogenated alkanes) is 7. The molecular formula is C24H32N2O5. The van der Waals surface area contributed by atoms with Crippen molar-refractivity contribution in [3.8, 4) is 11.8 Å². The van der Waals surface area contributed by atoms with Crippen LogP contribution < -0.4 is 5.32 Å². The Kier molecular flexibility index (Phi) is 8.61. The van der Waals surface area contributed by atoms with E-state index in [0.29, 0.717) is 29.5 Å². The van der Waals surface area contributed by atoms with E-state index in [1.54, 1.807) is 18.2 Å². The van der Waals surface area contributed by atoms with Gasteiger partial charge in [0.25, 0.3) is 11.8 Å². The highest BCUT2D eigenvalue weighted by Gasteiger charge is 2.45. The van der Waals surface area contributed by atoms with Gasteiger partial charge in [-0.25, -0.2) is 0 Å². The third-order valence-electron chi connectivity index (χ3n) is 5.92. The van der Waals surface area contributed by atoms with Gasteiger partial charge in [0.15, 0.2) is 0 Å². The van der Waals surface area contributed by atoms with E-state index in [9.17, 15) is 19.8 Å². The quantitative estimate of drug-likeness (QED) is 0.273. The van der Waals surface area contributed by atoms with Crippen LogP contribution in [0.1, 0.15) is 90.5 Å². The molecule has 168 valence electrons. The number of nitrogens with zero attached hydrogens (tertiary/aromatic N) is 1. The number of aliphatic hydroxyl groups excluding tert-OH is 3. The highest BCUT2D eigenvalue weighted by molar-refractivity contribution is 6.22. The summed E-state index contributed by atoms with van der Waals surface area (Å²) in [5, 5.41) is 31.2. The average Bonchev–Trinajstić information content (AvgIpc) is 3.01. The van der Waals surface area contributed by atoms with Crippen molar-refractivity contribution in [2.45, 2.75) is 82.7 Å². The molecule has 2 amide bonds. The maximum absolute atomic E-state index is 13.1. The van der Waals surface area contributed by atoms with Gasteiger partial charge in [-0.3, -0.25) is 19.8 Å². The van der Waals surface area contributed by atoms with Gasteiger partial charge in [0.1, 0.15) is 12.5 Å². The predicted molar refractivity (Wildman–Crippen MR) is 116 cm³/mol. The van der Waals surface area contributed by atoms with Crippen LogP contribution in [0.25, 0.3) is 0 Å². The molecule has 2 aliphatic heterocycles. The van der Waals surface area contributed by atoms with Crippen LogP contribution in [0.3, 0.4) is 0 Å². The number of aliphatic hydroxyl groups is 3. The van der Waals surface area contributed by atoms with E-state index in [-0.39, 0.29) is 6.61 Å². The zero-order valence-corrected chi connectivity index (χ0v) is 17.8. The number of hydrogen-bond acceptors (Lipinski definition) is 6. The molecule has 0 spiro atoms. The summed E-state index contributed by atoms with van der Waals surface area (Å²) in [7, 11) is 0. The van der Waals surface area contributed by atoms with Crippen molar-refractivity contribution in [2.75, 3.05) is 6.61 Å². The van der Waals surface area contributed by atoms with Gasteiger partial charge in [-0.2, -0.15) is 0 Å². The van der Waals surface area contributed by atoms with Crippen molar-refractivity contribution in [1.82, 2.24) is 10.2 Å². The number of rotatable bonds is 9. The molecule has 3 atom stereocenters. The van der Waals surface area contributed by atoms with E-state index in [2.05, 4.69) is 17.2 Å². The molecule has 31 heavy (non-hydrogen) atoms. The minimum Gasteiger partial charge on any atom is -0.396 e. The molecule has 1 aromatic rings. The minimum absolute atomic E-state index is 0.270. The number of imide groups is 1. The van der Waals surface area contributed by atoms with Crippen molar-refractivity contribution in [3.05, 3.63) is 34.9 Å². The Labute approximate surface area is 183 Å². The number of carbonyl (C=O) groups is 2.